The second kappa shape index (κ2) is 11.7. The lowest BCUT2D eigenvalue weighted by Gasteiger charge is -2.31. The fraction of sp³-hybridized carbons (Fsp3) is 0.739. The predicted molar refractivity (Wildman–Crippen MR) is 147 cm³/mol. The molecule has 1 fully saturated rings. The molecule has 1 saturated heterocycles. The Morgan fingerprint density at radius 1 is 1.21 bits per heavy atom. The summed E-state index contributed by atoms with van der Waals surface area (Å²) in [6.45, 7) is 10.8. The summed E-state index contributed by atoms with van der Waals surface area (Å²) in [6.07, 6.45) is 1.58. The third kappa shape index (κ3) is 8.10. The highest BCUT2D eigenvalue weighted by molar-refractivity contribution is 8.00. The Morgan fingerprint density at radius 2 is 1.84 bits per heavy atom. The van der Waals surface area contributed by atoms with Crippen LogP contribution in [0.25, 0.3) is 11.2 Å². The van der Waals surface area contributed by atoms with Gasteiger partial charge in [0.2, 0.25) is 5.95 Å². The molecule has 0 spiro atoms. The van der Waals surface area contributed by atoms with E-state index >= 15 is 0 Å². The number of H-pyrrole nitrogens is 1. The standard InChI is InChI=1S/C23H39N6O7PS/c1-22(2,3)35-37(32,36-23(4,5)6)34-11-15-17(30)18(33-9)14(38-15)10-29-13-24-16-19(29)26-21(27-20(16)31)25-12-28(7)8/h12-15,17-18,30H,10-11H2,1-9H3,(H,26,27,31)/b25-12+/t14-,15+,17+,18-/m0/s1. The van der Waals surface area contributed by atoms with Crippen molar-refractivity contribution >= 4 is 43.0 Å². The van der Waals surface area contributed by atoms with Crippen LogP contribution in [0, 0.1) is 0 Å². The Kier molecular flexibility index (Phi) is 9.50. The van der Waals surface area contributed by atoms with Crippen LogP contribution in [0.3, 0.4) is 0 Å². The third-order valence-electron chi connectivity index (χ3n) is 5.12. The fourth-order valence-corrected chi connectivity index (χ4v) is 7.31. The maximum atomic E-state index is 13.4. The van der Waals surface area contributed by atoms with Crippen LogP contribution in [0.2, 0.25) is 0 Å². The van der Waals surface area contributed by atoms with Crippen LogP contribution < -0.4 is 5.56 Å². The number of aliphatic hydroxyl groups excluding tert-OH is 1. The van der Waals surface area contributed by atoms with E-state index in [9.17, 15) is 14.5 Å². The van der Waals surface area contributed by atoms with Crippen molar-refractivity contribution in [2.75, 3.05) is 27.8 Å². The van der Waals surface area contributed by atoms with Crippen molar-refractivity contribution in [1.29, 1.82) is 0 Å². The van der Waals surface area contributed by atoms with Gasteiger partial charge in [-0.2, -0.15) is 4.98 Å². The number of nitrogens with one attached hydrogen (secondary N) is 1. The Morgan fingerprint density at radius 3 is 2.39 bits per heavy atom. The molecule has 38 heavy (non-hydrogen) atoms. The minimum atomic E-state index is -3.95. The molecule has 2 N–H and O–H groups in total. The first-order valence-electron chi connectivity index (χ1n) is 12.2. The summed E-state index contributed by atoms with van der Waals surface area (Å²) in [5, 5.41) is 10.3. The zero-order valence-electron chi connectivity index (χ0n) is 23.4. The lowest BCUT2D eigenvalue weighted by molar-refractivity contribution is -0.0209. The molecular weight excluding hydrogens is 535 g/mol. The highest BCUT2D eigenvalue weighted by atomic mass is 32.2. The summed E-state index contributed by atoms with van der Waals surface area (Å²) in [4.78, 5) is 29.7. The van der Waals surface area contributed by atoms with Gasteiger partial charge in [-0.15, -0.1) is 11.8 Å². The minimum absolute atomic E-state index is 0.0857. The van der Waals surface area contributed by atoms with Crippen molar-refractivity contribution in [2.45, 2.75) is 82.0 Å². The summed E-state index contributed by atoms with van der Waals surface area (Å²) >= 11 is 1.43. The summed E-state index contributed by atoms with van der Waals surface area (Å²) in [5.74, 6) is 0.153. The van der Waals surface area contributed by atoms with Gasteiger partial charge in [-0.05, 0) is 41.5 Å². The number of thioether (sulfide) groups is 1. The second-order valence-electron chi connectivity index (χ2n) is 11.2. The normalized spacial score (nSPS) is 23.1. The van der Waals surface area contributed by atoms with Gasteiger partial charge in [0.05, 0.1) is 53.2 Å². The highest BCUT2D eigenvalue weighted by Crippen LogP contribution is 2.56. The third-order valence-corrected chi connectivity index (χ3v) is 8.66. The molecule has 2 aromatic heterocycles. The van der Waals surface area contributed by atoms with E-state index in [0.29, 0.717) is 12.2 Å². The molecule has 1 aliphatic heterocycles. The van der Waals surface area contributed by atoms with Crippen molar-refractivity contribution in [2.24, 2.45) is 4.99 Å². The first kappa shape index (κ1) is 30.7. The van der Waals surface area contributed by atoms with E-state index in [0.717, 1.165) is 0 Å². The van der Waals surface area contributed by atoms with E-state index in [1.54, 1.807) is 65.1 Å². The Balaban J connectivity index is 1.79. The molecular formula is C23H39N6O7PS. The number of fused-ring (bicyclic) bond motifs is 1. The van der Waals surface area contributed by atoms with Crippen LogP contribution in [0.4, 0.5) is 5.95 Å². The number of hydrogen-bond acceptors (Lipinski definition) is 11. The monoisotopic (exact) mass is 574 g/mol. The van der Waals surface area contributed by atoms with Crippen molar-refractivity contribution < 1.29 is 28.0 Å². The number of hydrogen-bond donors (Lipinski definition) is 2. The molecule has 3 heterocycles. The van der Waals surface area contributed by atoms with E-state index in [1.165, 1.54) is 31.5 Å². The molecule has 0 aliphatic carbocycles. The van der Waals surface area contributed by atoms with Gasteiger partial charge in [-0.25, -0.2) is 14.5 Å². The number of aromatic nitrogens is 4. The van der Waals surface area contributed by atoms with Gasteiger partial charge >= 0.3 is 7.82 Å². The fourth-order valence-electron chi connectivity index (χ4n) is 3.80. The Bertz CT molecular complexity index is 1220. The first-order valence-corrected chi connectivity index (χ1v) is 14.6. The number of methoxy groups -OCH3 is 1. The smallest absolute Gasteiger partial charge is 0.389 e. The zero-order chi connectivity index (χ0) is 28.5. The average molecular weight is 575 g/mol. The van der Waals surface area contributed by atoms with Crippen molar-refractivity contribution in [3.63, 3.8) is 0 Å². The average Bonchev–Trinajstić information content (AvgIpc) is 3.29. The SMILES string of the molecule is CO[C@@H]1[C@H](O)[C@@H](COP(=O)(OC(C)(C)C)OC(C)(C)C)S[C@H]1Cn1cnc2c(=O)[nH]c(/N=C/N(C)C)nc21. The van der Waals surface area contributed by atoms with Gasteiger partial charge in [-0.1, -0.05) is 0 Å². The maximum absolute atomic E-state index is 13.4. The minimum Gasteiger partial charge on any atom is -0.389 e. The lowest BCUT2D eigenvalue weighted by atomic mass is 10.1. The first-order chi connectivity index (χ1) is 17.5. The molecule has 0 amide bonds. The molecule has 13 nitrogen and oxygen atoms in total. The maximum Gasteiger partial charge on any atom is 0.475 e. The summed E-state index contributed by atoms with van der Waals surface area (Å²) < 4.78 is 37.9. The number of rotatable bonds is 10. The van der Waals surface area contributed by atoms with E-state index < -0.39 is 42.0 Å². The van der Waals surface area contributed by atoms with Crippen LogP contribution in [-0.4, -0.2) is 97.6 Å². The molecule has 214 valence electrons. The van der Waals surface area contributed by atoms with Crippen LogP contribution in [0.1, 0.15) is 41.5 Å². The molecule has 2 aromatic rings. The number of imidazole rings is 1. The predicted octanol–water partition coefficient (Wildman–Crippen LogP) is 2.96. The van der Waals surface area contributed by atoms with Gasteiger partial charge in [0, 0.05) is 27.7 Å². The van der Waals surface area contributed by atoms with Crippen molar-refractivity contribution in [1.82, 2.24) is 24.4 Å². The topological polar surface area (TPSA) is 153 Å². The summed E-state index contributed by atoms with van der Waals surface area (Å²) in [6, 6.07) is 0. The second-order valence-corrected chi connectivity index (χ2v) is 14.2. The van der Waals surface area contributed by atoms with E-state index in [-0.39, 0.29) is 23.3 Å². The number of phosphoric ester groups is 1. The number of nitrogens with zero attached hydrogens (tertiary/aromatic N) is 5. The van der Waals surface area contributed by atoms with Crippen LogP contribution >= 0.6 is 19.6 Å². The molecule has 0 saturated carbocycles. The molecule has 0 aromatic carbocycles. The highest BCUT2D eigenvalue weighted by Gasteiger charge is 2.46. The van der Waals surface area contributed by atoms with Crippen LogP contribution in [0.15, 0.2) is 16.1 Å². The van der Waals surface area contributed by atoms with Gasteiger partial charge in [0.25, 0.3) is 5.56 Å². The van der Waals surface area contributed by atoms with Crippen molar-refractivity contribution in [3.05, 3.63) is 16.7 Å². The molecule has 15 heteroatoms. The van der Waals surface area contributed by atoms with Gasteiger partial charge in [-0.3, -0.25) is 23.3 Å². The number of aliphatic hydroxyl groups is 1. The number of phosphoric acid groups is 1. The number of ether oxygens (including phenoxy) is 1. The van der Waals surface area contributed by atoms with E-state index in [1.807, 2.05) is 0 Å². The Labute approximate surface area is 226 Å². The number of aliphatic imine (C=N–C) groups is 1. The largest absolute Gasteiger partial charge is 0.475 e. The van der Waals surface area contributed by atoms with E-state index in [2.05, 4.69) is 19.9 Å². The van der Waals surface area contributed by atoms with Gasteiger partial charge < -0.3 is 19.3 Å². The summed E-state index contributed by atoms with van der Waals surface area (Å²) in [5.41, 5.74) is -1.40. The van der Waals surface area contributed by atoms with Gasteiger partial charge in [0.1, 0.15) is 0 Å². The Hall–Kier alpha value is -1.80. The van der Waals surface area contributed by atoms with E-state index in [4.69, 9.17) is 18.3 Å². The van der Waals surface area contributed by atoms with Crippen molar-refractivity contribution in [3.8, 4) is 0 Å². The molecule has 0 bridgehead atoms. The number of aromatic amines is 1. The summed E-state index contributed by atoms with van der Waals surface area (Å²) in [7, 11) is 1.18. The molecule has 1 aliphatic rings. The van der Waals surface area contributed by atoms with Crippen LogP contribution in [0.5, 0.6) is 0 Å². The molecule has 4 atom stereocenters. The quantitative estimate of drug-likeness (QED) is 0.245. The molecule has 0 radical (unpaired) electrons. The zero-order valence-corrected chi connectivity index (χ0v) is 25.1. The van der Waals surface area contributed by atoms with Crippen LogP contribution in [-0.2, 0) is 29.4 Å². The van der Waals surface area contributed by atoms with Gasteiger partial charge in [0.15, 0.2) is 11.2 Å². The lowest BCUT2D eigenvalue weighted by Crippen LogP contribution is -2.37. The molecule has 3 rings (SSSR count). The molecule has 0 unspecified atom stereocenters.